The van der Waals surface area contributed by atoms with Gasteiger partial charge in [-0.05, 0) is 44.4 Å². The lowest BCUT2D eigenvalue weighted by molar-refractivity contribution is 0.508. The van der Waals surface area contributed by atoms with E-state index in [1.54, 1.807) is 0 Å². The molecule has 0 bridgehead atoms. The lowest BCUT2D eigenvalue weighted by Gasteiger charge is -2.15. The molecule has 2 rings (SSSR count). The van der Waals surface area contributed by atoms with Crippen LogP contribution >= 0.6 is 11.5 Å². The predicted octanol–water partition coefficient (Wildman–Crippen LogP) is 2.77. The number of nitrogens with zero attached hydrogens (tertiary/aromatic N) is 4. The van der Waals surface area contributed by atoms with Gasteiger partial charge in [0.25, 0.3) is 0 Å². The molecule has 110 valence electrons. The van der Waals surface area contributed by atoms with Crippen molar-refractivity contribution in [1.29, 1.82) is 0 Å². The molecular formula is C14H23N5S. The number of aryl methyl sites for hydroxylation is 1. The third-order valence-electron chi connectivity index (χ3n) is 3.29. The van der Waals surface area contributed by atoms with Crippen LogP contribution in [0.15, 0.2) is 12.3 Å². The van der Waals surface area contributed by atoms with Gasteiger partial charge >= 0.3 is 0 Å². The van der Waals surface area contributed by atoms with Gasteiger partial charge in [0.1, 0.15) is 0 Å². The van der Waals surface area contributed by atoms with Crippen LogP contribution in [0.5, 0.6) is 0 Å². The van der Waals surface area contributed by atoms with Crippen molar-refractivity contribution in [2.45, 2.75) is 52.6 Å². The van der Waals surface area contributed by atoms with E-state index in [9.17, 15) is 0 Å². The van der Waals surface area contributed by atoms with E-state index in [-0.39, 0.29) is 6.04 Å². The zero-order valence-corrected chi connectivity index (χ0v) is 13.4. The number of hydrogen-bond donors (Lipinski definition) is 1. The summed E-state index contributed by atoms with van der Waals surface area (Å²) in [5.41, 5.74) is 2.21. The van der Waals surface area contributed by atoms with Crippen molar-refractivity contribution in [2.24, 2.45) is 0 Å². The molecule has 0 saturated heterocycles. The van der Waals surface area contributed by atoms with Crippen molar-refractivity contribution < 1.29 is 0 Å². The van der Waals surface area contributed by atoms with Crippen LogP contribution in [0.2, 0.25) is 0 Å². The first-order chi connectivity index (χ1) is 9.65. The Balaban J connectivity index is 2.16. The van der Waals surface area contributed by atoms with Gasteiger partial charge in [0.2, 0.25) is 0 Å². The van der Waals surface area contributed by atoms with Gasteiger partial charge in [-0.1, -0.05) is 18.3 Å². The van der Waals surface area contributed by atoms with E-state index in [1.165, 1.54) is 16.4 Å². The van der Waals surface area contributed by atoms with Gasteiger partial charge in [-0.2, -0.15) is 5.10 Å². The van der Waals surface area contributed by atoms with Crippen LogP contribution in [0.25, 0.3) is 0 Å². The molecule has 1 unspecified atom stereocenters. The maximum Gasteiger partial charge on any atom is 0.0801 e. The second-order valence-electron chi connectivity index (χ2n) is 5.13. The Kier molecular flexibility index (Phi) is 5.25. The van der Waals surface area contributed by atoms with Crippen LogP contribution in [-0.2, 0) is 12.8 Å². The average Bonchev–Trinajstić information content (AvgIpc) is 3.06. The molecule has 0 saturated carbocycles. The van der Waals surface area contributed by atoms with E-state index in [1.807, 2.05) is 4.68 Å². The summed E-state index contributed by atoms with van der Waals surface area (Å²) in [4.78, 5) is 1.24. The second kappa shape index (κ2) is 6.95. The van der Waals surface area contributed by atoms with Crippen molar-refractivity contribution in [3.8, 4) is 0 Å². The van der Waals surface area contributed by atoms with Gasteiger partial charge < -0.3 is 5.32 Å². The van der Waals surface area contributed by atoms with Crippen LogP contribution in [0.3, 0.4) is 0 Å². The molecule has 5 nitrogen and oxygen atoms in total. The van der Waals surface area contributed by atoms with E-state index < -0.39 is 0 Å². The molecule has 0 radical (unpaired) electrons. The summed E-state index contributed by atoms with van der Waals surface area (Å²) in [6, 6.07) is 2.76. The van der Waals surface area contributed by atoms with Gasteiger partial charge in [0.15, 0.2) is 0 Å². The van der Waals surface area contributed by atoms with Gasteiger partial charge in [-0.15, -0.1) is 5.10 Å². The lowest BCUT2D eigenvalue weighted by Crippen LogP contribution is -2.23. The van der Waals surface area contributed by atoms with Crippen molar-refractivity contribution in [3.63, 3.8) is 0 Å². The molecule has 2 aromatic heterocycles. The molecule has 0 aliphatic heterocycles. The molecular weight excluding hydrogens is 270 g/mol. The average molecular weight is 293 g/mol. The predicted molar refractivity (Wildman–Crippen MR) is 82.0 cm³/mol. The fourth-order valence-corrected chi connectivity index (χ4v) is 3.02. The lowest BCUT2D eigenvalue weighted by atomic mass is 10.1. The second-order valence-corrected chi connectivity index (χ2v) is 5.92. The molecule has 1 N–H and O–H groups in total. The van der Waals surface area contributed by atoms with Gasteiger partial charge in [0, 0.05) is 18.7 Å². The quantitative estimate of drug-likeness (QED) is 0.853. The molecule has 0 amide bonds. The van der Waals surface area contributed by atoms with E-state index in [0.717, 1.165) is 30.8 Å². The fraction of sp³-hybridized carbons (Fsp3) is 0.643. The van der Waals surface area contributed by atoms with Crippen LogP contribution in [0.4, 0.5) is 0 Å². The molecule has 2 aromatic rings. The number of hydrogen-bond acceptors (Lipinski definition) is 5. The summed E-state index contributed by atoms with van der Waals surface area (Å²) in [6.45, 7) is 9.45. The minimum atomic E-state index is 0.255. The Morgan fingerprint density at radius 2 is 2.15 bits per heavy atom. The minimum absolute atomic E-state index is 0.255. The maximum atomic E-state index is 4.64. The monoisotopic (exact) mass is 293 g/mol. The Morgan fingerprint density at radius 3 is 2.75 bits per heavy atom. The molecule has 0 aliphatic rings. The zero-order chi connectivity index (χ0) is 14.5. The molecule has 0 aliphatic carbocycles. The van der Waals surface area contributed by atoms with E-state index in [4.69, 9.17) is 0 Å². The topological polar surface area (TPSA) is 55.6 Å². The summed E-state index contributed by atoms with van der Waals surface area (Å²) in [7, 11) is 0. The summed E-state index contributed by atoms with van der Waals surface area (Å²) in [6.07, 6.45) is 3.85. The van der Waals surface area contributed by atoms with Crippen LogP contribution < -0.4 is 5.32 Å². The van der Waals surface area contributed by atoms with E-state index >= 15 is 0 Å². The highest BCUT2D eigenvalue weighted by Crippen LogP contribution is 2.24. The highest BCUT2D eigenvalue weighted by Gasteiger charge is 2.19. The Labute approximate surface area is 124 Å². The summed E-state index contributed by atoms with van der Waals surface area (Å²) in [5.74, 6) is 0. The molecule has 2 heterocycles. The fourth-order valence-electron chi connectivity index (χ4n) is 2.21. The minimum Gasteiger partial charge on any atom is -0.309 e. The first-order valence-electron chi connectivity index (χ1n) is 7.24. The number of nitrogens with one attached hydrogen (secondary N) is 1. The SMILES string of the molecule is CCNC(Cc1ccn(C(C)C)n1)c1snnc1CC. The molecule has 0 aromatic carbocycles. The van der Waals surface area contributed by atoms with Crippen LogP contribution in [-0.4, -0.2) is 25.9 Å². The van der Waals surface area contributed by atoms with Crippen molar-refractivity contribution >= 4 is 11.5 Å². The van der Waals surface area contributed by atoms with Gasteiger partial charge in [-0.25, -0.2) is 0 Å². The number of rotatable bonds is 7. The smallest absolute Gasteiger partial charge is 0.0801 e. The number of aromatic nitrogens is 4. The molecule has 0 fully saturated rings. The third kappa shape index (κ3) is 3.43. The first kappa shape index (κ1) is 15.1. The maximum absolute atomic E-state index is 4.64. The Hall–Kier alpha value is -1.27. The van der Waals surface area contributed by atoms with Gasteiger partial charge in [0.05, 0.1) is 22.3 Å². The van der Waals surface area contributed by atoms with Crippen molar-refractivity contribution in [2.75, 3.05) is 6.54 Å². The number of likely N-dealkylation sites (N-methyl/N-ethyl adjacent to an activating group) is 1. The Morgan fingerprint density at radius 1 is 1.35 bits per heavy atom. The zero-order valence-electron chi connectivity index (χ0n) is 12.6. The van der Waals surface area contributed by atoms with Crippen LogP contribution in [0.1, 0.15) is 56.0 Å². The van der Waals surface area contributed by atoms with Gasteiger partial charge in [-0.3, -0.25) is 4.68 Å². The molecule has 6 heteroatoms. The largest absolute Gasteiger partial charge is 0.309 e. The highest BCUT2D eigenvalue weighted by atomic mass is 32.1. The summed E-state index contributed by atoms with van der Waals surface area (Å²) < 4.78 is 6.10. The Bertz CT molecular complexity index is 531. The summed E-state index contributed by atoms with van der Waals surface area (Å²) in [5, 5.41) is 12.4. The summed E-state index contributed by atoms with van der Waals surface area (Å²) >= 11 is 1.50. The normalized spacial score (nSPS) is 13.1. The van der Waals surface area contributed by atoms with Crippen molar-refractivity contribution in [3.05, 3.63) is 28.5 Å². The van der Waals surface area contributed by atoms with Crippen LogP contribution in [0, 0.1) is 0 Å². The highest BCUT2D eigenvalue weighted by molar-refractivity contribution is 7.05. The molecule has 20 heavy (non-hydrogen) atoms. The van der Waals surface area contributed by atoms with E-state index in [2.05, 4.69) is 60.0 Å². The van der Waals surface area contributed by atoms with E-state index in [0.29, 0.717) is 6.04 Å². The van der Waals surface area contributed by atoms with Crippen molar-refractivity contribution in [1.82, 2.24) is 24.7 Å². The first-order valence-corrected chi connectivity index (χ1v) is 8.01. The molecule has 0 spiro atoms. The standard InChI is InChI=1S/C14H23N5S/c1-5-12-14(20-18-16-12)13(15-6-2)9-11-7-8-19(17-11)10(3)4/h7-8,10,13,15H,5-6,9H2,1-4H3. The third-order valence-corrected chi connectivity index (χ3v) is 4.17. The molecule has 1 atom stereocenters.